The summed E-state index contributed by atoms with van der Waals surface area (Å²) in [6, 6.07) is 6.37. The maximum atomic E-state index is 5.75. The van der Waals surface area contributed by atoms with E-state index in [9.17, 15) is 0 Å². The lowest BCUT2D eigenvalue weighted by Gasteiger charge is -2.27. The minimum Gasteiger partial charge on any atom is -0.490 e. The zero-order valence-corrected chi connectivity index (χ0v) is 16.4. The Hall–Kier alpha value is -2.43. The van der Waals surface area contributed by atoms with E-state index >= 15 is 0 Å². The summed E-state index contributed by atoms with van der Waals surface area (Å²) in [6.45, 7) is 4.56. The Morgan fingerprint density at radius 2 is 2.26 bits per heavy atom. The molecule has 0 aliphatic carbocycles. The van der Waals surface area contributed by atoms with E-state index in [-0.39, 0.29) is 0 Å². The van der Waals surface area contributed by atoms with Gasteiger partial charge in [-0.3, -0.25) is 0 Å². The van der Waals surface area contributed by atoms with E-state index in [1.54, 1.807) is 11.3 Å². The largest absolute Gasteiger partial charge is 0.490 e. The van der Waals surface area contributed by atoms with Gasteiger partial charge in [-0.2, -0.15) is 0 Å². The molecule has 0 spiro atoms. The highest BCUT2D eigenvalue weighted by molar-refractivity contribution is 7.22. The molecular formula is C17H20N6O2S2. The highest BCUT2D eigenvalue weighted by Gasteiger charge is 2.17. The Bertz CT molecular complexity index is 950. The van der Waals surface area contributed by atoms with Crippen LogP contribution in [0.2, 0.25) is 0 Å². The molecule has 3 aromatic rings. The molecule has 4 N–H and O–H groups in total. The van der Waals surface area contributed by atoms with Crippen LogP contribution in [-0.4, -0.2) is 48.0 Å². The lowest BCUT2D eigenvalue weighted by Crippen LogP contribution is -2.51. The SMILES string of the molecule is C/C(=N\OCCOc1ccc2nc(NC3CNC3)sc2c1)c1csc(N)n1. The molecule has 0 saturated carbocycles. The number of thiazole rings is 2. The van der Waals surface area contributed by atoms with Gasteiger partial charge >= 0.3 is 0 Å². The average Bonchev–Trinajstić information content (AvgIpc) is 3.23. The van der Waals surface area contributed by atoms with Crippen molar-refractivity contribution in [3.8, 4) is 5.75 Å². The van der Waals surface area contributed by atoms with Gasteiger partial charge in [0.25, 0.3) is 0 Å². The highest BCUT2D eigenvalue weighted by Crippen LogP contribution is 2.29. The second-order valence-corrected chi connectivity index (χ2v) is 8.00. The summed E-state index contributed by atoms with van der Waals surface area (Å²) >= 11 is 3.01. The second kappa shape index (κ2) is 8.07. The van der Waals surface area contributed by atoms with Crippen LogP contribution in [0.3, 0.4) is 0 Å². The Morgan fingerprint density at radius 3 is 3.00 bits per heavy atom. The monoisotopic (exact) mass is 404 g/mol. The van der Waals surface area contributed by atoms with Crippen molar-refractivity contribution < 1.29 is 9.57 Å². The van der Waals surface area contributed by atoms with Gasteiger partial charge in [0.2, 0.25) is 0 Å². The standard InChI is InChI=1S/C17H20N6O2S2/c1-10(14-9-26-16(18)21-14)23-25-5-4-24-12-2-3-13-15(6-12)27-17(22-13)20-11-7-19-8-11/h2-3,6,9,11,19H,4-5,7-8H2,1H3,(H2,18,21)(H,20,22)/b23-10+. The Labute approximate surface area is 164 Å². The van der Waals surface area contributed by atoms with E-state index in [1.165, 1.54) is 11.3 Å². The number of hydrogen-bond acceptors (Lipinski definition) is 10. The van der Waals surface area contributed by atoms with Gasteiger partial charge in [0.1, 0.15) is 23.8 Å². The zero-order chi connectivity index (χ0) is 18.6. The molecule has 0 unspecified atom stereocenters. The summed E-state index contributed by atoms with van der Waals surface area (Å²) in [6.07, 6.45) is 0. The fourth-order valence-electron chi connectivity index (χ4n) is 2.46. The molecule has 0 radical (unpaired) electrons. The summed E-state index contributed by atoms with van der Waals surface area (Å²) in [4.78, 5) is 14.1. The summed E-state index contributed by atoms with van der Waals surface area (Å²) in [5.41, 5.74) is 8.01. The predicted molar refractivity (Wildman–Crippen MR) is 110 cm³/mol. The first kappa shape index (κ1) is 18.0. The van der Waals surface area contributed by atoms with Crippen LogP contribution in [0.15, 0.2) is 28.7 Å². The summed E-state index contributed by atoms with van der Waals surface area (Å²) in [5.74, 6) is 0.791. The quantitative estimate of drug-likeness (QED) is 0.301. The zero-order valence-electron chi connectivity index (χ0n) is 14.8. The van der Waals surface area contributed by atoms with Crippen LogP contribution in [0.4, 0.5) is 10.3 Å². The van der Waals surface area contributed by atoms with E-state index in [4.69, 9.17) is 15.3 Å². The molecule has 0 bridgehead atoms. The third-order valence-electron chi connectivity index (χ3n) is 4.01. The molecule has 1 aliphatic heterocycles. The van der Waals surface area contributed by atoms with Gasteiger partial charge in [-0.05, 0) is 25.1 Å². The smallest absolute Gasteiger partial charge is 0.184 e. The lowest BCUT2D eigenvalue weighted by atomic mass is 10.2. The first-order valence-electron chi connectivity index (χ1n) is 8.56. The fraction of sp³-hybridized carbons (Fsp3) is 0.353. The molecule has 1 aliphatic rings. The van der Waals surface area contributed by atoms with E-state index in [1.807, 2.05) is 30.5 Å². The van der Waals surface area contributed by atoms with Crippen molar-refractivity contribution in [1.82, 2.24) is 15.3 Å². The molecule has 4 rings (SSSR count). The van der Waals surface area contributed by atoms with Gasteiger partial charge in [0.05, 0.1) is 16.3 Å². The lowest BCUT2D eigenvalue weighted by molar-refractivity contribution is 0.107. The van der Waals surface area contributed by atoms with Crippen LogP contribution in [0, 0.1) is 0 Å². The minimum absolute atomic E-state index is 0.346. The molecule has 8 nitrogen and oxygen atoms in total. The minimum atomic E-state index is 0.346. The van der Waals surface area contributed by atoms with Gasteiger partial charge in [-0.15, -0.1) is 11.3 Å². The summed E-state index contributed by atoms with van der Waals surface area (Å²) in [5, 5.41) is 14.0. The van der Waals surface area contributed by atoms with Crippen molar-refractivity contribution >= 4 is 48.9 Å². The van der Waals surface area contributed by atoms with E-state index in [0.717, 1.165) is 39.9 Å². The van der Waals surface area contributed by atoms with E-state index in [0.29, 0.717) is 30.1 Å². The van der Waals surface area contributed by atoms with Crippen LogP contribution >= 0.6 is 22.7 Å². The number of rotatable bonds is 8. The summed E-state index contributed by atoms with van der Waals surface area (Å²) < 4.78 is 6.84. The number of ether oxygens (including phenoxy) is 1. The molecule has 2 aromatic heterocycles. The van der Waals surface area contributed by atoms with Gasteiger partial charge in [-0.25, -0.2) is 9.97 Å². The third kappa shape index (κ3) is 4.46. The van der Waals surface area contributed by atoms with Gasteiger partial charge in [-0.1, -0.05) is 16.5 Å². The van der Waals surface area contributed by atoms with Crippen molar-refractivity contribution in [2.24, 2.45) is 5.16 Å². The van der Waals surface area contributed by atoms with Crippen LogP contribution in [-0.2, 0) is 4.84 Å². The van der Waals surface area contributed by atoms with Crippen LogP contribution < -0.4 is 21.1 Å². The average molecular weight is 405 g/mol. The number of fused-ring (bicyclic) bond motifs is 1. The number of nitrogens with two attached hydrogens (primary N) is 1. The van der Waals surface area contributed by atoms with Crippen LogP contribution in [0.1, 0.15) is 12.6 Å². The fourth-order valence-corrected chi connectivity index (χ4v) is 4.04. The molecule has 1 fully saturated rings. The number of hydrogen-bond donors (Lipinski definition) is 3. The second-order valence-electron chi connectivity index (χ2n) is 6.08. The van der Waals surface area contributed by atoms with Crippen molar-refractivity contribution in [3.63, 3.8) is 0 Å². The first-order valence-corrected chi connectivity index (χ1v) is 10.3. The number of benzene rings is 1. The Morgan fingerprint density at radius 1 is 1.37 bits per heavy atom. The number of nitrogens with one attached hydrogen (secondary N) is 2. The number of nitrogens with zero attached hydrogens (tertiary/aromatic N) is 3. The topological polar surface area (TPSA) is 107 Å². The van der Waals surface area contributed by atoms with E-state index in [2.05, 4.69) is 25.8 Å². The van der Waals surface area contributed by atoms with Crippen molar-refractivity contribution in [2.45, 2.75) is 13.0 Å². The molecule has 10 heteroatoms. The molecule has 0 atom stereocenters. The highest BCUT2D eigenvalue weighted by atomic mass is 32.1. The van der Waals surface area contributed by atoms with Crippen molar-refractivity contribution in [1.29, 1.82) is 0 Å². The van der Waals surface area contributed by atoms with Gasteiger partial charge in [0, 0.05) is 18.5 Å². The molecule has 1 saturated heterocycles. The number of nitrogen functional groups attached to an aromatic ring is 1. The Balaban J connectivity index is 1.27. The molecular weight excluding hydrogens is 384 g/mol. The first-order chi connectivity index (χ1) is 13.2. The number of aromatic nitrogens is 2. The van der Waals surface area contributed by atoms with Crippen LogP contribution in [0.25, 0.3) is 10.2 Å². The van der Waals surface area contributed by atoms with Crippen molar-refractivity contribution in [3.05, 3.63) is 29.3 Å². The number of anilines is 2. The van der Waals surface area contributed by atoms with Crippen molar-refractivity contribution in [2.75, 3.05) is 37.4 Å². The molecule has 0 amide bonds. The maximum absolute atomic E-state index is 5.75. The molecule has 27 heavy (non-hydrogen) atoms. The molecule has 1 aromatic carbocycles. The van der Waals surface area contributed by atoms with Crippen LogP contribution in [0.5, 0.6) is 5.75 Å². The number of oxime groups is 1. The summed E-state index contributed by atoms with van der Waals surface area (Å²) in [7, 11) is 0. The van der Waals surface area contributed by atoms with Gasteiger partial charge < -0.3 is 25.9 Å². The Kier molecular flexibility index (Phi) is 5.37. The van der Waals surface area contributed by atoms with E-state index < -0.39 is 0 Å². The van der Waals surface area contributed by atoms with Gasteiger partial charge in [0.15, 0.2) is 16.9 Å². The molecule has 142 valence electrons. The third-order valence-corrected chi connectivity index (χ3v) is 5.63. The maximum Gasteiger partial charge on any atom is 0.184 e. The normalized spacial score (nSPS) is 14.9. The predicted octanol–water partition coefficient (Wildman–Crippen LogP) is 2.54. The molecule has 3 heterocycles.